The van der Waals surface area contributed by atoms with Crippen LogP contribution in [0.2, 0.25) is 0 Å². The van der Waals surface area contributed by atoms with Gasteiger partial charge in [-0.3, -0.25) is 0 Å². The lowest BCUT2D eigenvalue weighted by atomic mass is 10.2. The minimum absolute atomic E-state index is 0.778. The predicted octanol–water partition coefficient (Wildman–Crippen LogP) is 3.30. The van der Waals surface area contributed by atoms with Crippen molar-refractivity contribution >= 4 is 20.0 Å². The second-order valence-corrected chi connectivity index (χ2v) is 8.91. The first-order chi connectivity index (χ1) is 12.0. The summed E-state index contributed by atoms with van der Waals surface area (Å²) in [5, 5.41) is 0. The maximum atomic E-state index is 11.4. The van der Waals surface area contributed by atoms with Gasteiger partial charge in [0.25, 0.3) is 0 Å². The molecule has 0 saturated heterocycles. The van der Waals surface area contributed by atoms with Gasteiger partial charge in [0.15, 0.2) is 20.0 Å². The normalized spacial score (nSPS) is 15.7. The van der Waals surface area contributed by atoms with Crippen molar-refractivity contribution in [2.75, 3.05) is 20.3 Å². The lowest BCUT2D eigenvalue weighted by Crippen LogP contribution is -2.30. The molecule has 0 aliphatic carbocycles. The molecule has 0 aromatic heterocycles. The van der Waals surface area contributed by atoms with E-state index in [2.05, 4.69) is 36.2 Å². The van der Waals surface area contributed by atoms with E-state index in [-0.39, 0.29) is 0 Å². The summed E-state index contributed by atoms with van der Waals surface area (Å²) in [6.07, 6.45) is 9.76. The first-order valence-corrected chi connectivity index (χ1v) is 10.4. The minimum atomic E-state index is -6.72. The van der Waals surface area contributed by atoms with Crippen LogP contribution in [0.1, 0.15) is 32.6 Å². The van der Waals surface area contributed by atoms with E-state index in [0.717, 1.165) is 10.8 Å². The Labute approximate surface area is 154 Å². The molecule has 0 unspecified atom stereocenters. The molecule has 0 N–H and O–H groups in total. The fraction of sp³-hybridized carbons (Fsp3) is 0.833. The fourth-order valence-electron chi connectivity index (χ4n) is 1.69. The van der Waals surface area contributed by atoms with Crippen molar-refractivity contribution in [2.45, 2.75) is 43.6 Å². The lowest BCUT2D eigenvalue weighted by molar-refractivity contribution is -0.0444. The zero-order valence-electron chi connectivity index (χ0n) is 14.5. The number of nitrogens with zero attached hydrogens (tertiary/aromatic N) is 3. The van der Waals surface area contributed by atoms with E-state index in [1.807, 2.05) is 0 Å². The molecule has 162 valence electrons. The summed E-state index contributed by atoms with van der Waals surface area (Å²) in [4.78, 5) is 4.58. The number of alkyl halides is 6. The minimum Gasteiger partial charge on any atom is -0.421 e. The first kappa shape index (κ1) is 25.8. The quantitative estimate of drug-likeness (QED) is 0.439. The second-order valence-electron chi connectivity index (χ2n) is 5.49. The molecule has 0 aromatic carbocycles. The van der Waals surface area contributed by atoms with Gasteiger partial charge in [-0.2, -0.15) is 26.3 Å². The molecule has 0 saturated carbocycles. The van der Waals surface area contributed by atoms with Crippen LogP contribution in [0.25, 0.3) is 4.13 Å². The van der Waals surface area contributed by atoms with Crippen molar-refractivity contribution in [1.82, 2.24) is 9.80 Å². The lowest BCUT2D eigenvalue weighted by Gasteiger charge is -2.22. The van der Waals surface area contributed by atoms with Gasteiger partial charge in [0, 0.05) is 26.0 Å². The number of hydrogen-bond donors (Lipinski definition) is 0. The summed E-state index contributed by atoms with van der Waals surface area (Å²) in [5.41, 5.74) is -12.4. The summed E-state index contributed by atoms with van der Waals surface area (Å²) < 4.78 is 109. The van der Waals surface area contributed by atoms with Crippen LogP contribution < -0.4 is 0 Å². The maximum absolute atomic E-state index is 11.4. The maximum Gasteiger partial charge on any atom is 0.480 e. The highest BCUT2D eigenvalue weighted by atomic mass is 32.3. The highest BCUT2D eigenvalue weighted by Crippen LogP contribution is 2.36. The fourth-order valence-corrected chi connectivity index (χ4v) is 3.40. The summed E-state index contributed by atoms with van der Waals surface area (Å²) in [5.74, 6) is 0. The third-order valence-corrected chi connectivity index (χ3v) is 5.76. The molecule has 0 atom stereocenters. The van der Waals surface area contributed by atoms with Crippen LogP contribution in [0, 0.1) is 0 Å². The first-order valence-electron chi connectivity index (χ1n) is 7.53. The molecule has 0 spiro atoms. The van der Waals surface area contributed by atoms with E-state index >= 15 is 0 Å². The molecule has 1 aliphatic heterocycles. The third kappa shape index (κ3) is 9.01. The SMILES string of the molecule is CCCCCCN1C=CN(C)C1.O=S(=O)([N-]S(=O)(=O)C(F)(F)F)C(F)(F)F. The van der Waals surface area contributed by atoms with E-state index in [0.29, 0.717) is 0 Å². The topological polar surface area (TPSA) is 88.9 Å². The van der Waals surface area contributed by atoms with Crippen molar-refractivity contribution in [3.05, 3.63) is 16.5 Å². The summed E-state index contributed by atoms with van der Waals surface area (Å²) in [7, 11) is -11.3. The van der Waals surface area contributed by atoms with E-state index < -0.39 is 31.1 Å². The molecule has 1 rings (SSSR count). The molecule has 0 bridgehead atoms. The van der Waals surface area contributed by atoms with E-state index in [1.54, 1.807) is 0 Å². The molecule has 1 heterocycles. The zero-order chi connectivity index (χ0) is 21.5. The van der Waals surface area contributed by atoms with Crippen LogP contribution in [0.3, 0.4) is 0 Å². The van der Waals surface area contributed by atoms with E-state index in [1.165, 1.54) is 32.2 Å². The smallest absolute Gasteiger partial charge is 0.421 e. The largest absolute Gasteiger partial charge is 0.480 e. The second kappa shape index (κ2) is 9.82. The van der Waals surface area contributed by atoms with Gasteiger partial charge < -0.3 is 13.9 Å². The summed E-state index contributed by atoms with van der Waals surface area (Å²) in [6.45, 7) is 4.55. The van der Waals surface area contributed by atoms with Gasteiger partial charge in [0.05, 0.1) is 6.67 Å². The van der Waals surface area contributed by atoms with Gasteiger partial charge in [-0.1, -0.05) is 26.2 Å². The molecule has 0 radical (unpaired) electrons. The Morgan fingerprint density at radius 3 is 1.70 bits per heavy atom. The van der Waals surface area contributed by atoms with Crippen molar-refractivity contribution in [3.63, 3.8) is 0 Å². The molecule has 1 aliphatic rings. The van der Waals surface area contributed by atoms with Crippen LogP contribution in [0.15, 0.2) is 12.4 Å². The van der Waals surface area contributed by atoms with Gasteiger partial charge in [0.2, 0.25) is 0 Å². The average Bonchev–Trinajstić information content (AvgIpc) is 2.86. The number of halogens is 6. The third-order valence-electron chi connectivity index (χ3n) is 3.02. The summed E-state index contributed by atoms with van der Waals surface area (Å²) >= 11 is 0. The Bertz CT molecular complexity index is 647. The monoisotopic (exact) mass is 448 g/mol. The van der Waals surface area contributed by atoms with Crippen molar-refractivity contribution in [3.8, 4) is 0 Å². The van der Waals surface area contributed by atoms with Gasteiger partial charge in [0.1, 0.15) is 0 Å². The van der Waals surface area contributed by atoms with Crippen LogP contribution in [0.4, 0.5) is 26.3 Å². The highest BCUT2D eigenvalue weighted by molar-refractivity contribution is 8.13. The van der Waals surface area contributed by atoms with Crippen LogP contribution in [0.5, 0.6) is 0 Å². The molecule has 0 amide bonds. The van der Waals surface area contributed by atoms with Gasteiger partial charge in [-0.25, -0.2) is 16.8 Å². The Kier molecular flexibility index (Phi) is 9.37. The number of sulfonamides is 2. The Morgan fingerprint density at radius 2 is 1.37 bits per heavy atom. The van der Waals surface area contributed by atoms with Gasteiger partial charge in [-0.05, 0) is 6.42 Å². The van der Waals surface area contributed by atoms with Crippen molar-refractivity contribution in [2.24, 2.45) is 0 Å². The van der Waals surface area contributed by atoms with Gasteiger partial charge in [-0.15, -0.1) is 0 Å². The van der Waals surface area contributed by atoms with Crippen molar-refractivity contribution < 1.29 is 43.2 Å². The molecule has 27 heavy (non-hydrogen) atoms. The zero-order valence-corrected chi connectivity index (χ0v) is 16.1. The molecular formula is C12H20F6N3O4S2-. The molecule has 15 heteroatoms. The number of unbranched alkanes of at least 4 members (excludes halogenated alkanes) is 3. The number of hydrogen-bond acceptors (Lipinski definition) is 6. The van der Waals surface area contributed by atoms with E-state index in [4.69, 9.17) is 0 Å². The van der Waals surface area contributed by atoms with Crippen LogP contribution in [-0.4, -0.2) is 57.9 Å². The average molecular weight is 448 g/mol. The van der Waals surface area contributed by atoms with E-state index in [9.17, 15) is 43.2 Å². The molecule has 7 nitrogen and oxygen atoms in total. The molecule has 0 aromatic rings. The summed E-state index contributed by atoms with van der Waals surface area (Å²) in [6, 6.07) is 0. The van der Waals surface area contributed by atoms with Crippen LogP contribution >= 0.6 is 0 Å². The Hall–Kier alpha value is -1.22. The highest BCUT2D eigenvalue weighted by Gasteiger charge is 2.46. The molecule has 0 fully saturated rings. The standard InChI is InChI=1S/C10H20N2.C2F6NO4S2/c1-3-4-5-6-7-12-9-8-11(2)10-12;3-1(4,5)14(10,11)9-15(12,13)2(6,7)8/h8-9H,3-7,10H2,1-2H3;/q;-1. The predicted molar refractivity (Wildman–Crippen MR) is 85.9 cm³/mol. The Morgan fingerprint density at radius 1 is 0.889 bits per heavy atom. The van der Waals surface area contributed by atoms with Gasteiger partial charge >= 0.3 is 11.0 Å². The Balaban J connectivity index is 0.000000511. The van der Waals surface area contributed by atoms with Crippen molar-refractivity contribution in [1.29, 1.82) is 0 Å². The number of rotatable bonds is 7. The molecular weight excluding hydrogens is 428 g/mol. The van der Waals surface area contributed by atoms with Crippen LogP contribution in [-0.2, 0) is 20.0 Å².